The molecule has 1 saturated heterocycles. The first-order valence-electron chi connectivity index (χ1n) is 9.55. The Morgan fingerprint density at radius 1 is 1.21 bits per heavy atom. The summed E-state index contributed by atoms with van der Waals surface area (Å²) >= 11 is 5.22. The molecular formula is C20H24F3N5S. The van der Waals surface area contributed by atoms with Crippen LogP contribution in [0.2, 0.25) is 0 Å². The van der Waals surface area contributed by atoms with Gasteiger partial charge in [-0.25, -0.2) is 4.98 Å². The minimum Gasteiger partial charge on any atom is -0.358 e. The summed E-state index contributed by atoms with van der Waals surface area (Å²) in [5, 5.41) is 5.85. The van der Waals surface area contributed by atoms with Crippen molar-refractivity contribution in [1.29, 1.82) is 0 Å². The Hall–Kier alpha value is -2.42. The van der Waals surface area contributed by atoms with Crippen molar-refractivity contribution in [3.8, 4) is 0 Å². The molecule has 9 heteroatoms. The second kappa shape index (κ2) is 8.94. The van der Waals surface area contributed by atoms with Crippen LogP contribution in [0.15, 0.2) is 30.3 Å². The SMILES string of the molecule is Cc1ccc(CNC(=S)Nc2nc(N3CCCCC3C)cc(C(F)(F)F)n2)cc1. The lowest BCUT2D eigenvalue weighted by molar-refractivity contribution is -0.141. The van der Waals surface area contributed by atoms with Gasteiger partial charge in [0.1, 0.15) is 5.82 Å². The van der Waals surface area contributed by atoms with E-state index in [9.17, 15) is 13.2 Å². The van der Waals surface area contributed by atoms with Crippen molar-refractivity contribution in [1.82, 2.24) is 15.3 Å². The maximum absolute atomic E-state index is 13.4. The van der Waals surface area contributed by atoms with Gasteiger partial charge >= 0.3 is 6.18 Å². The number of rotatable bonds is 4. The fraction of sp³-hybridized carbons (Fsp3) is 0.450. The van der Waals surface area contributed by atoms with Gasteiger partial charge in [0, 0.05) is 25.2 Å². The van der Waals surface area contributed by atoms with E-state index in [0.717, 1.165) is 36.5 Å². The van der Waals surface area contributed by atoms with Gasteiger partial charge in [-0.05, 0) is 50.9 Å². The maximum atomic E-state index is 13.4. The highest BCUT2D eigenvalue weighted by Gasteiger charge is 2.35. The Morgan fingerprint density at radius 3 is 2.59 bits per heavy atom. The summed E-state index contributed by atoms with van der Waals surface area (Å²) in [5.74, 6) is 0.109. The van der Waals surface area contributed by atoms with Crippen LogP contribution in [0.25, 0.3) is 0 Å². The minimum atomic E-state index is -4.57. The quantitative estimate of drug-likeness (QED) is 0.697. The maximum Gasteiger partial charge on any atom is 0.433 e. The van der Waals surface area contributed by atoms with Crippen LogP contribution in [-0.4, -0.2) is 27.7 Å². The number of halogens is 3. The van der Waals surface area contributed by atoms with E-state index < -0.39 is 11.9 Å². The largest absolute Gasteiger partial charge is 0.433 e. The Kier molecular flexibility index (Phi) is 6.56. The Balaban J connectivity index is 1.75. The zero-order valence-corrected chi connectivity index (χ0v) is 17.2. The third kappa shape index (κ3) is 5.79. The first kappa shape index (κ1) is 21.3. The second-order valence-electron chi connectivity index (χ2n) is 7.26. The highest BCUT2D eigenvalue weighted by atomic mass is 32.1. The molecule has 1 unspecified atom stereocenters. The van der Waals surface area contributed by atoms with Crippen molar-refractivity contribution in [2.45, 2.75) is 51.9 Å². The van der Waals surface area contributed by atoms with E-state index in [1.165, 1.54) is 0 Å². The molecule has 0 saturated carbocycles. The molecule has 3 rings (SSSR count). The van der Waals surface area contributed by atoms with Crippen molar-refractivity contribution in [3.05, 3.63) is 47.2 Å². The van der Waals surface area contributed by atoms with Gasteiger partial charge in [0.05, 0.1) is 0 Å². The standard InChI is InChI=1S/C20H24F3N5S/c1-13-6-8-15(9-7-13)12-24-19(29)27-18-25-16(20(21,22)23)11-17(26-18)28-10-4-3-5-14(28)2/h6-9,11,14H,3-5,10,12H2,1-2H3,(H2,24,25,26,27,29). The number of hydrogen-bond donors (Lipinski definition) is 2. The molecule has 29 heavy (non-hydrogen) atoms. The van der Waals surface area contributed by atoms with E-state index in [1.807, 2.05) is 43.0 Å². The smallest absolute Gasteiger partial charge is 0.358 e. The van der Waals surface area contributed by atoms with Crippen LogP contribution in [0.1, 0.15) is 43.0 Å². The van der Waals surface area contributed by atoms with Crippen LogP contribution in [0, 0.1) is 6.92 Å². The fourth-order valence-corrected chi connectivity index (χ4v) is 3.42. The summed E-state index contributed by atoms with van der Waals surface area (Å²) in [6, 6.07) is 9.02. The monoisotopic (exact) mass is 423 g/mol. The fourth-order valence-electron chi connectivity index (χ4n) is 3.26. The average molecular weight is 424 g/mol. The highest BCUT2D eigenvalue weighted by molar-refractivity contribution is 7.80. The average Bonchev–Trinajstić information content (AvgIpc) is 2.67. The molecule has 0 amide bonds. The summed E-state index contributed by atoms with van der Waals surface area (Å²) in [4.78, 5) is 9.83. The number of aromatic nitrogens is 2. The Labute approximate surface area is 173 Å². The summed E-state index contributed by atoms with van der Waals surface area (Å²) in [6.45, 7) is 5.11. The van der Waals surface area contributed by atoms with Crippen LogP contribution in [0.4, 0.5) is 24.9 Å². The number of piperidine rings is 1. The highest BCUT2D eigenvalue weighted by Crippen LogP contribution is 2.32. The van der Waals surface area contributed by atoms with E-state index in [1.54, 1.807) is 0 Å². The van der Waals surface area contributed by atoms with Crippen LogP contribution < -0.4 is 15.5 Å². The Bertz CT molecular complexity index is 854. The van der Waals surface area contributed by atoms with Crippen molar-refractivity contribution in [3.63, 3.8) is 0 Å². The third-order valence-electron chi connectivity index (χ3n) is 4.90. The van der Waals surface area contributed by atoms with Gasteiger partial charge in [-0.1, -0.05) is 29.8 Å². The second-order valence-corrected chi connectivity index (χ2v) is 7.67. The van der Waals surface area contributed by atoms with Crippen LogP contribution in [0.5, 0.6) is 0 Å². The van der Waals surface area contributed by atoms with Gasteiger partial charge < -0.3 is 15.5 Å². The predicted octanol–water partition coefficient (Wildman–Crippen LogP) is 4.67. The summed E-state index contributed by atoms with van der Waals surface area (Å²) in [6.07, 6.45) is -1.66. The molecule has 0 bridgehead atoms. The third-order valence-corrected chi connectivity index (χ3v) is 5.15. The van der Waals surface area contributed by atoms with Crippen molar-refractivity contribution in [2.75, 3.05) is 16.8 Å². The number of benzene rings is 1. The molecule has 1 aliphatic heterocycles. The molecule has 1 fully saturated rings. The van der Waals surface area contributed by atoms with Gasteiger partial charge in [0.2, 0.25) is 5.95 Å². The van der Waals surface area contributed by atoms with Gasteiger partial charge in [-0.15, -0.1) is 0 Å². The molecule has 0 aliphatic carbocycles. The number of hydrogen-bond acceptors (Lipinski definition) is 4. The molecule has 2 aromatic rings. The number of nitrogens with zero attached hydrogens (tertiary/aromatic N) is 3. The predicted molar refractivity (Wildman–Crippen MR) is 112 cm³/mol. The number of thiocarbonyl (C=S) groups is 1. The molecule has 0 radical (unpaired) electrons. The van der Waals surface area contributed by atoms with Crippen LogP contribution in [0.3, 0.4) is 0 Å². The van der Waals surface area contributed by atoms with Gasteiger partial charge in [0.25, 0.3) is 0 Å². The molecule has 1 aliphatic rings. The molecule has 1 aromatic carbocycles. The van der Waals surface area contributed by atoms with Gasteiger partial charge in [-0.3, -0.25) is 0 Å². The summed E-state index contributed by atoms with van der Waals surface area (Å²) < 4.78 is 40.1. The molecular weight excluding hydrogens is 399 g/mol. The zero-order valence-electron chi connectivity index (χ0n) is 16.4. The van der Waals surface area contributed by atoms with Gasteiger partial charge in [0.15, 0.2) is 10.8 Å². The Morgan fingerprint density at radius 2 is 1.93 bits per heavy atom. The molecule has 2 heterocycles. The zero-order chi connectivity index (χ0) is 21.0. The number of aryl methyl sites for hydroxylation is 1. The van der Waals surface area contributed by atoms with Crippen molar-refractivity contribution < 1.29 is 13.2 Å². The normalized spacial score (nSPS) is 17.1. The first-order valence-corrected chi connectivity index (χ1v) is 9.96. The van der Waals surface area contributed by atoms with Crippen molar-refractivity contribution in [2.24, 2.45) is 0 Å². The van der Waals surface area contributed by atoms with E-state index >= 15 is 0 Å². The molecule has 1 aromatic heterocycles. The molecule has 5 nitrogen and oxygen atoms in total. The van der Waals surface area contributed by atoms with Gasteiger partial charge in [-0.2, -0.15) is 18.2 Å². The summed E-state index contributed by atoms with van der Waals surface area (Å²) in [5.41, 5.74) is 1.17. The number of anilines is 2. The number of alkyl halides is 3. The lowest BCUT2D eigenvalue weighted by Gasteiger charge is -2.34. The lowest BCUT2D eigenvalue weighted by Crippen LogP contribution is -2.38. The minimum absolute atomic E-state index is 0.124. The van der Waals surface area contributed by atoms with Crippen LogP contribution in [-0.2, 0) is 12.7 Å². The number of nitrogens with one attached hydrogen (secondary N) is 2. The molecule has 2 N–H and O–H groups in total. The lowest BCUT2D eigenvalue weighted by atomic mass is 10.0. The van der Waals surface area contributed by atoms with E-state index in [4.69, 9.17) is 12.2 Å². The first-order chi connectivity index (χ1) is 13.7. The topological polar surface area (TPSA) is 53.1 Å². The van der Waals surface area contributed by atoms with Crippen LogP contribution >= 0.6 is 12.2 Å². The van der Waals surface area contributed by atoms with E-state index in [-0.39, 0.29) is 22.9 Å². The van der Waals surface area contributed by atoms with E-state index in [0.29, 0.717) is 13.1 Å². The van der Waals surface area contributed by atoms with Crippen molar-refractivity contribution >= 4 is 29.1 Å². The van der Waals surface area contributed by atoms with E-state index in [2.05, 4.69) is 20.6 Å². The molecule has 156 valence electrons. The molecule has 0 spiro atoms. The molecule has 1 atom stereocenters. The summed E-state index contributed by atoms with van der Waals surface area (Å²) in [7, 11) is 0.